The maximum absolute atomic E-state index is 12.0. The molecule has 0 saturated heterocycles. The normalized spacial score (nSPS) is 10.6. The van der Waals surface area contributed by atoms with Gasteiger partial charge in [-0.1, -0.05) is 17.9 Å². The van der Waals surface area contributed by atoms with Gasteiger partial charge in [0.05, 0.1) is 12.3 Å². The standard InChI is InChI=1S/C14H19N3O3S/c1-11-5-6-13(10-12(11)4-3-7-15)14(18)17-8-9-21(19,20)16-2/h5-6,10,16H,7-9,15H2,1-2H3,(H,17,18). The van der Waals surface area contributed by atoms with Gasteiger partial charge in [0.2, 0.25) is 10.0 Å². The van der Waals surface area contributed by atoms with Crippen LogP contribution in [0.5, 0.6) is 0 Å². The first-order valence-corrected chi connectivity index (χ1v) is 8.04. The van der Waals surface area contributed by atoms with Crippen LogP contribution in [0.3, 0.4) is 0 Å². The van der Waals surface area contributed by atoms with Crippen LogP contribution >= 0.6 is 0 Å². The zero-order valence-corrected chi connectivity index (χ0v) is 12.9. The van der Waals surface area contributed by atoms with E-state index in [2.05, 4.69) is 21.9 Å². The van der Waals surface area contributed by atoms with E-state index >= 15 is 0 Å². The number of carbonyl (C=O) groups is 1. The summed E-state index contributed by atoms with van der Waals surface area (Å²) in [5.41, 5.74) is 7.44. The molecule has 0 spiro atoms. The summed E-state index contributed by atoms with van der Waals surface area (Å²) in [6.07, 6.45) is 0. The van der Waals surface area contributed by atoms with Crippen molar-refractivity contribution in [3.63, 3.8) is 0 Å². The fourth-order valence-electron chi connectivity index (χ4n) is 1.55. The van der Waals surface area contributed by atoms with E-state index in [1.807, 2.05) is 6.92 Å². The molecule has 21 heavy (non-hydrogen) atoms. The third-order valence-electron chi connectivity index (χ3n) is 2.79. The Morgan fingerprint density at radius 2 is 2.10 bits per heavy atom. The summed E-state index contributed by atoms with van der Waals surface area (Å²) in [4.78, 5) is 12.0. The summed E-state index contributed by atoms with van der Waals surface area (Å²) in [5, 5.41) is 2.56. The number of amides is 1. The molecule has 7 heteroatoms. The topological polar surface area (TPSA) is 101 Å². The zero-order valence-electron chi connectivity index (χ0n) is 12.1. The quantitative estimate of drug-likeness (QED) is 0.643. The first-order valence-electron chi connectivity index (χ1n) is 6.38. The minimum Gasteiger partial charge on any atom is -0.351 e. The number of rotatable bonds is 5. The molecule has 114 valence electrons. The lowest BCUT2D eigenvalue weighted by atomic mass is 10.0. The second kappa shape index (κ2) is 7.78. The zero-order chi connectivity index (χ0) is 15.9. The number of benzene rings is 1. The van der Waals surface area contributed by atoms with Crippen molar-refractivity contribution in [2.24, 2.45) is 5.73 Å². The van der Waals surface area contributed by atoms with Gasteiger partial charge in [-0.05, 0) is 31.7 Å². The molecule has 6 nitrogen and oxygen atoms in total. The van der Waals surface area contributed by atoms with Gasteiger partial charge in [0.1, 0.15) is 0 Å². The maximum atomic E-state index is 12.0. The highest BCUT2D eigenvalue weighted by atomic mass is 32.2. The summed E-state index contributed by atoms with van der Waals surface area (Å²) in [5.74, 6) is 5.14. The predicted molar refractivity (Wildman–Crippen MR) is 82.3 cm³/mol. The molecule has 1 rings (SSSR count). The van der Waals surface area contributed by atoms with E-state index < -0.39 is 10.0 Å². The lowest BCUT2D eigenvalue weighted by Gasteiger charge is -2.07. The van der Waals surface area contributed by atoms with Gasteiger partial charge in [0, 0.05) is 17.7 Å². The van der Waals surface area contributed by atoms with E-state index in [4.69, 9.17) is 5.73 Å². The van der Waals surface area contributed by atoms with Crippen molar-refractivity contribution in [2.75, 3.05) is 25.9 Å². The van der Waals surface area contributed by atoms with Crippen molar-refractivity contribution in [2.45, 2.75) is 6.92 Å². The Bertz CT molecular complexity index is 672. The minimum absolute atomic E-state index is 0.0414. The summed E-state index contributed by atoms with van der Waals surface area (Å²) in [7, 11) is -1.99. The number of sulfonamides is 1. The monoisotopic (exact) mass is 309 g/mol. The Kier molecular flexibility index (Phi) is 6.37. The number of hydrogen-bond acceptors (Lipinski definition) is 4. The SMILES string of the molecule is CNS(=O)(=O)CCNC(=O)c1ccc(C)c(C#CCN)c1. The average molecular weight is 309 g/mol. The second-order valence-electron chi connectivity index (χ2n) is 4.31. The lowest BCUT2D eigenvalue weighted by molar-refractivity contribution is 0.0956. The molecule has 0 aliphatic heterocycles. The van der Waals surface area contributed by atoms with E-state index in [1.54, 1.807) is 18.2 Å². The smallest absolute Gasteiger partial charge is 0.251 e. The Labute approximate surface area is 125 Å². The van der Waals surface area contributed by atoms with E-state index in [-0.39, 0.29) is 24.7 Å². The molecular formula is C14H19N3O3S. The predicted octanol–water partition coefficient (Wildman–Crippen LogP) is -0.416. The number of nitrogens with one attached hydrogen (secondary N) is 2. The molecule has 0 aliphatic carbocycles. The molecule has 4 N–H and O–H groups in total. The van der Waals surface area contributed by atoms with E-state index in [1.165, 1.54) is 7.05 Å². The molecule has 0 aromatic heterocycles. The van der Waals surface area contributed by atoms with Crippen LogP contribution in [0.1, 0.15) is 21.5 Å². The van der Waals surface area contributed by atoms with Crippen LogP contribution in [0.4, 0.5) is 0 Å². The van der Waals surface area contributed by atoms with Gasteiger partial charge in [-0.25, -0.2) is 13.1 Å². The van der Waals surface area contributed by atoms with Gasteiger partial charge in [0.15, 0.2) is 0 Å². The average Bonchev–Trinajstić information content (AvgIpc) is 2.46. The molecule has 0 unspecified atom stereocenters. The van der Waals surface area contributed by atoms with Crippen LogP contribution in [0.25, 0.3) is 0 Å². The molecule has 0 radical (unpaired) electrons. The van der Waals surface area contributed by atoms with Crippen molar-refractivity contribution in [1.82, 2.24) is 10.0 Å². The van der Waals surface area contributed by atoms with Gasteiger partial charge in [-0.15, -0.1) is 0 Å². The fraction of sp³-hybridized carbons (Fsp3) is 0.357. The largest absolute Gasteiger partial charge is 0.351 e. The van der Waals surface area contributed by atoms with Crippen LogP contribution < -0.4 is 15.8 Å². The molecule has 0 saturated carbocycles. The second-order valence-corrected chi connectivity index (χ2v) is 6.36. The molecule has 1 amide bonds. The molecule has 1 aromatic carbocycles. The van der Waals surface area contributed by atoms with E-state index in [0.717, 1.165) is 11.1 Å². The van der Waals surface area contributed by atoms with Crippen LogP contribution in [-0.2, 0) is 10.0 Å². The van der Waals surface area contributed by atoms with Crippen molar-refractivity contribution in [3.05, 3.63) is 34.9 Å². The van der Waals surface area contributed by atoms with E-state index in [0.29, 0.717) is 5.56 Å². The fourth-order valence-corrected chi connectivity index (χ4v) is 2.12. The van der Waals surface area contributed by atoms with Crippen molar-refractivity contribution in [3.8, 4) is 11.8 Å². The summed E-state index contributed by atoms with van der Waals surface area (Å²) in [6.45, 7) is 2.18. The van der Waals surface area contributed by atoms with Crippen LogP contribution in [0, 0.1) is 18.8 Å². The highest BCUT2D eigenvalue weighted by molar-refractivity contribution is 7.89. The van der Waals surface area contributed by atoms with Crippen LogP contribution in [0.2, 0.25) is 0 Å². The Morgan fingerprint density at radius 3 is 2.71 bits per heavy atom. The number of hydrogen-bond donors (Lipinski definition) is 3. The third-order valence-corrected chi connectivity index (χ3v) is 4.16. The van der Waals surface area contributed by atoms with Gasteiger partial charge < -0.3 is 11.1 Å². The van der Waals surface area contributed by atoms with Crippen molar-refractivity contribution < 1.29 is 13.2 Å². The molecule has 0 atom stereocenters. The molecule has 0 heterocycles. The third kappa shape index (κ3) is 5.55. The molecule has 0 fully saturated rings. The molecule has 1 aromatic rings. The maximum Gasteiger partial charge on any atom is 0.251 e. The van der Waals surface area contributed by atoms with Gasteiger partial charge >= 0.3 is 0 Å². The Morgan fingerprint density at radius 1 is 1.38 bits per heavy atom. The molecule has 0 bridgehead atoms. The summed E-state index contributed by atoms with van der Waals surface area (Å²) < 4.78 is 24.7. The van der Waals surface area contributed by atoms with Gasteiger partial charge in [-0.2, -0.15) is 0 Å². The van der Waals surface area contributed by atoms with E-state index in [9.17, 15) is 13.2 Å². The summed E-state index contributed by atoms with van der Waals surface area (Å²) in [6, 6.07) is 5.13. The Hall–Kier alpha value is -1.88. The summed E-state index contributed by atoms with van der Waals surface area (Å²) >= 11 is 0. The number of aryl methyl sites for hydroxylation is 1. The molecular weight excluding hydrogens is 290 g/mol. The first-order chi connectivity index (χ1) is 9.89. The van der Waals surface area contributed by atoms with Gasteiger partial charge in [0.25, 0.3) is 5.91 Å². The van der Waals surface area contributed by atoms with Crippen molar-refractivity contribution >= 4 is 15.9 Å². The Balaban J connectivity index is 2.75. The first kappa shape index (κ1) is 17.2. The van der Waals surface area contributed by atoms with Gasteiger partial charge in [-0.3, -0.25) is 4.79 Å². The number of nitrogens with two attached hydrogens (primary N) is 1. The number of carbonyl (C=O) groups excluding carboxylic acids is 1. The van der Waals surface area contributed by atoms with Crippen LogP contribution in [-0.4, -0.2) is 40.2 Å². The highest BCUT2D eigenvalue weighted by Gasteiger charge is 2.10. The molecule has 0 aliphatic rings. The lowest BCUT2D eigenvalue weighted by Crippen LogP contribution is -2.33. The highest BCUT2D eigenvalue weighted by Crippen LogP contribution is 2.10. The minimum atomic E-state index is -3.33. The van der Waals surface area contributed by atoms with Crippen molar-refractivity contribution in [1.29, 1.82) is 0 Å². The van der Waals surface area contributed by atoms with Crippen LogP contribution in [0.15, 0.2) is 18.2 Å².